The average molecular weight is 398 g/mol. The highest BCUT2D eigenvalue weighted by Gasteiger charge is 2.35. The second-order valence-electron chi connectivity index (χ2n) is 4.92. The van der Waals surface area contributed by atoms with Crippen LogP contribution in [0.4, 0.5) is 13.2 Å². The topological polar surface area (TPSA) is 42.2 Å². The fourth-order valence-electron chi connectivity index (χ4n) is 2.16. The molecule has 0 aliphatic carbocycles. The minimum absolute atomic E-state index is 0.141. The molecule has 0 atom stereocenters. The Kier molecular flexibility index (Phi) is 6.24. The number of allylic oxidation sites excluding steroid dienone is 1. The molecule has 0 heterocycles. The van der Waals surface area contributed by atoms with E-state index in [1.807, 2.05) is 6.07 Å². The lowest BCUT2D eigenvalue weighted by atomic mass is 9.98. The Hall–Kier alpha value is -2.56. The maximum absolute atomic E-state index is 13.4. The highest BCUT2D eigenvalue weighted by atomic mass is 35.5. The lowest BCUT2D eigenvalue weighted by molar-refractivity contribution is -0.137. The number of rotatable bonds is 3. The van der Waals surface area contributed by atoms with Gasteiger partial charge in [-0.15, -0.1) is 0 Å². The SMILES string of the molecule is COC(=S)O/C(=C(/C#N)c1ccc(Cl)cc1)c1ccccc1C(F)(F)F. The molecule has 0 spiro atoms. The molecule has 0 fully saturated rings. The molecule has 134 valence electrons. The van der Waals surface area contributed by atoms with Crippen LogP contribution < -0.4 is 0 Å². The highest BCUT2D eigenvalue weighted by Crippen LogP contribution is 2.38. The van der Waals surface area contributed by atoms with Gasteiger partial charge in [-0.3, -0.25) is 0 Å². The number of benzene rings is 2. The molecule has 0 bridgehead atoms. The van der Waals surface area contributed by atoms with E-state index in [9.17, 15) is 18.4 Å². The van der Waals surface area contributed by atoms with Crippen molar-refractivity contribution < 1.29 is 22.6 Å². The third-order valence-electron chi connectivity index (χ3n) is 3.30. The first-order valence-electron chi connectivity index (χ1n) is 7.10. The van der Waals surface area contributed by atoms with Gasteiger partial charge >= 0.3 is 11.4 Å². The maximum Gasteiger partial charge on any atom is 0.417 e. The van der Waals surface area contributed by atoms with E-state index in [2.05, 4.69) is 0 Å². The first-order valence-corrected chi connectivity index (χ1v) is 7.89. The number of nitriles is 1. The summed E-state index contributed by atoms with van der Waals surface area (Å²) in [6, 6.07) is 12.6. The number of hydrogen-bond donors (Lipinski definition) is 0. The molecule has 0 saturated heterocycles. The van der Waals surface area contributed by atoms with Gasteiger partial charge in [-0.1, -0.05) is 41.9 Å². The fourth-order valence-corrected chi connectivity index (χ4v) is 2.37. The lowest BCUT2D eigenvalue weighted by Gasteiger charge is -2.17. The number of halogens is 4. The Morgan fingerprint density at radius 1 is 1.12 bits per heavy atom. The van der Waals surface area contributed by atoms with Crippen LogP contribution in [0.25, 0.3) is 11.3 Å². The Balaban J connectivity index is 2.77. The predicted octanol–water partition coefficient (Wildman–Crippen LogP) is 5.70. The van der Waals surface area contributed by atoms with Gasteiger partial charge in [0.15, 0.2) is 5.76 Å². The van der Waals surface area contributed by atoms with Crippen LogP contribution in [0.15, 0.2) is 48.5 Å². The monoisotopic (exact) mass is 397 g/mol. The van der Waals surface area contributed by atoms with Gasteiger partial charge in [0.25, 0.3) is 0 Å². The Labute approximate surface area is 158 Å². The number of thiocarbonyl (C=S) groups is 1. The van der Waals surface area contributed by atoms with Crippen molar-refractivity contribution in [2.45, 2.75) is 6.18 Å². The molecule has 0 N–H and O–H groups in total. The average Bonchev–Trinajstić information content (AvgIpc) is 2.62. The summed E-state index contributed by atoms with van der Waals surface area (Å²) >= 11 is 10.6. The van der Waals surface area contributed by atoms with Crippen LogP contribution >= 0.6 is 23.8 Å². The summed E-state index contributed by atoms with van der Waals surface area (Å²) in [5, 5.41) is 9.57. The van der Waals surface area contributed by atoms with E-state index in [0.717, 1.165) is 6.07 Å². The van der Waals surface area contributed by atoms with Crippen molar-refractivity contribution in [1.29, 1.82) is 5.26 Å². The molecule has 8 heteroatoms. The third-order valence-corrected chi connectivity index (χ3v) is 3.80. The smallest absolute Gasteiger partial charge is 0.417 e. The van der Waals surface area contributed by atoms with E-state index >= 15 is 0 Å². The number of methoxy groups -OCH3 is 1. The van der Waals surface area contributed by atoms with E-state index in [1.165, 1.54) is 49.6 Å². The zero-order valence-corrected chi connectivity index (χ0v) is 14.9. The van der Waals surface area contributed by atoms with Gasteiger partial charge < -0.3 is 9.47 Å². The van der Waals surface area contributed by atoms with Crippen molar-refractivity contribution >= 4 is 40.4 Å². The van der Waals surface area contributed by atoms with Gasteiger partial charge in [0.1, 0.15) is 11.6 Å². The molecule has 2 aromatic carbocycles. The van der Waals surface area contributed by atoms with Crippen molar-refractivity contribution in [3.05, 3.63) is 70.2 Å². The molecule has 0 amide bonds. The predicted molar refractivity (Wildman–Crippen MR) is 96.0 cm³/mol. The summed E-state index contributed by atoms with van der Waals surface area (Å²) in [6.07, 6.45) is -4.65. The second kappa shape index (κ2) is 8.21. The van der Waals surface area contributed by atoms with Crippen molar-refractivity contribution in [2.24, 2.45) is 0 Å². The molecule has 0 aromatic heterocycles. The van der Waals surface area contributed by atoms with Crippen LogP contribution in [0.1, 0.15) is 16.7 Å². The Morgan fingerprint density at radius 2 is 1.73 bits per heavy atom. The molecule has 26 heavy (non-hydrogen) atoms. The Bertz CT molecular complexity index is 887. The molecular formula is C18H11ClF3NO2S. The van der Waals surface area contributed by atoms with Crippen molar-refractivity contribution in [3.8, 4) is 6.07 Å². The van der Waals surface area contributed by atoms with Crippen LogP contribution in [0, 0.1) is 11.3 Å². The summed E-state index contributed by atoms with van der Waals surface area (Å²) < 4.78 is 50.3. The second-order valence-corrected chi connectivity index (χ2v) is 5.69. The zero-order valence-electron chi connectivity index (χ0n) is 13.3. The minimum atomic E-state index is -4.65. The Morgan fingerprint density at radius 3 is 2.27 bits per heavy atom. The first-order chi connectivity index (χ1) is 12.3. The minimum Gasteiger partial charge on any atom is -0.460 e. The van der Waals surface area contributed by atoms with Crippen molar-refractivity contribution in [3.63, 3.8) is 0 Å². The molecule has 0 aliphatic rings. The van der Waals surface area contributed by atoms with E-state index in [1.54, 1.807) is 0 Å². The summed E-state index contributed by atoms with van der Waals surface area (Å²) in [5.41, 5.74) is -1.11. The molecule has 2 aromatic rings. The zero-order chi connectivity index (χ0) is 19.3. The normalized spacial score (nSPS) is 12.0. The van der Waals surface area contributed by atoms with E-state index in [0.29, 0.717) is 10.6 Å². The van der Waals surface area contributed by atoms with Crippen LogP contribution in [-0.4, -0.2) is 12.3 Å². The van der Waals surface area contributed by atoms with E-state index < -0.39 is 17.0 Å². The number of hydrogen-bond acceptors (Lipinski definition) is 4. The van der Waals surface area contributed by atoms with E-state index in [-0.39, 0.29) is 16.9 Å². The number of alkyl halides is 3. The lowest BCUT2D eigenvalue weighted by Crippen LogP contribution is -2.12. The van der Waals surface area contributed by atoms with Gasteiger partial charge in [0.2, 0.25) is 0 Å². The van der Waals surface area contributed by atoms with Crippen molar-refractivity contribution in [1.82, 2.24) is 0 Å². The van der Waals surface area contributed by atoms with Gasteiger partial charge in [-0.25, -0.2) is 0 Å². The van der Waals surface area contributed by atoms with Gasteiger partial charge in [-0.2, -0.15) is 18.4 Å². The van der Waals surface area contributed by atoms with Crippen molar-refractivity contribution in [2.75, 3.05) is 7.11 Å². The van der Waals surface area contributed by atoms with Gasteiger partial charge in [0.05, 0.1) is 12.7 Å². The summed E-state index contributed by atoms with van der Waals surface area (Å²) in [7, 11) is 1.21. The van der Waals surface area contributed by atoms with E-state index in [4.69, 9.17) is 33.3 Å². The largest absolute Gasteiger partial charge is 0.460 e. The molecule has 0 saturated carbocycles. The molecule has 2 rings (SSSR count). The molecular weight excluding hydrogens is 387 g/mol. The fraction of sp³-hybridized carbons (Fsp3) is 0.111. The van der Waals surface area contributed by atoms with Crippen LogP contribution in [0.2, 0.25) is 5.02 Å². The summed E-state index contributed by atoms with van der Waals surface area (Å²) in [5.74, 6) is -0.352. The molecule has 0 radical (unpaired) electrons. The quantitative estimate of drug-likeness (QED) is 0.288. The van der Waals surface area contributed by atoms with Gasteiger partial charge in [0, 0.05) is 22.8 Å². The first kappa shape index (κ1) is 19.8. The maximum atomic E-state index is 13.4. The molecule has 0 unspecified atom stereocenters. The highest BCUT2D eigenvalue weighted by molar-refractivity contribution is 7.79. The summed E-state index contributed by atoms with van der Waals surface area (Å²) in [6.45, 7) is 0. The third kappa shape index (κ3) is 4.54. The number of nitrogens with zero attached hydrogens (tertiary/aromatic N) is 1. The summed E-state index contributed by atoms with van der Waals surface area (Å²) in [4.78, 5) is 0. The van der Waals surface area contributed by atoms with Crippen LogP contribution in [-0.2, 0) is 15.7 Å². The molecule has 3 nitrogen and oxygen atoms in total. The standard InChI is InChI=1S/C18H11ClF3NO2S/c1-24-17(26)25-16(13-4-2-3-5-15(13)18(20,21)22)14(10-23)11-6-8-12(19)9-7-11/h2-9H,1H3/b16-14-. The number of ether oxygens (including phenoxy) is 2. The van der Waals surface area contributed by atoms with Gasteiger partial charge in [-0.05, 0) is 23.8 Å². The molecule has 0 aliphatic heterocycles. The van der Waals surface area contributed by atoms with Crippen LogP contribution in [0.3, 0.4) is 0 Å². The van der Waals surface area contributed by atoms with Crippen LogP contribution in [0.5, 0.6) is 0 Å².